The Hall–Kier alpha value is -0.830. The van der Waals surface area contributed by atoms with E-state index in [0.29, 0.717) is 11.3 Å². The van der Waals surface area contributed by atoms with Crippen LogP contribution in [0, 0.1) is 11.3 Å². The van der Waals surface area contributed by atoms with Crippen LogP contribution in [0.3, 0.4) is 0 Å². The van der Waals surface area contributed by atoms with Crippen molar-refractivity contribution in [2.75, 3.05) is 13.1 Å². The molecule has 1 unspecified atom stereocenters. The minimum atomic E-state index is 0.348. The number of rotatable bonds is 8. The number of hydrogen-bond donors (Lipinski definition) is 1. The van der Waals surface area contributed by atoms with Crippen molar-refractivity contribution in [3.8, 4) is 0 Å². The molecule has 0 aliphatic rings. The molecule has 1 N–H and O–H groups in total. The van der Waals surface area contributed by atoms with Crippen molar-refractivity contribution in [2.24, 2.45) is 18.4 Å². The van der Waals surface area contributed by atoms with Gasteiger partial charge in [-0.2, -0.15) is 0 Å². The number of imidazole rings is 1. The van der Waals surface area contributed by atoms with E-state index in [1.54, 1.807) is 0 Å². The fraction of sp³-hybridized carbons (Fsp3) is 0.800. The fourth-order valence-corrected chi connectivity index (χ4v) is 2.17. The molecule has 0 aliphatic heterocycles. The number of nitrogens with one attached hydrogen (secondary N) is 1. The molecule has 0 saturated heterocycles. The normalized spacial score (nSPS) is 15.0. The first-order chi connectivity index (χ1) is 8.49. The van der Waals surface area contributed by atoms with Crippen molar-refractivity contribution in [3.05, 3.63) is 18.2 Å². The molecule has 0 amide bonds. The first-order valence-corrected chi connectivity index (χ1v) is 7.16. The predicted octanol–water partition coefficient (Wildman–Crippen LogP) is 3.01. The maximum atomic E-state index is 4.42. The molecule has 18 heavy (non-hydrogen) atoms. The summed E-state index contributed by atoms with van der Waals surface area (Å²) in [7, 11) is 2.07. The van der Waals surface area contributed by atoms with Crippen molar-refractivity contribution in [2.45, 2.75) is 47.0 Å². The summed E-state index contributed by atoms with van der Waals surface area (Å²) >= 11 is 0. The minimum Gasteiger partial charge on any atom is -0.338 e. The van der Waals surface area contributed by atoms with Crippen molar-refractivity contribution in [3.63, 3.8) is 0 Å². The topological polar surface area (TPSA) is 29.9 Å². The van der Waals surface area contributed by atoms with E-state index in [9.17, 15) is 0 Å². The molecule has 3 heteroatoms. The third-order valence-corrected chi connectivity index (χ3v) is 4.19. The van der Waals surface area contributed by atoms with Crippen LogP contribution in [-0.2, 0) is 13.5 Å². The van der Waals surface area contributed by atoms with Crippen LogP contribution in [-0.4, -0.2) is 22.6 Å². The average Bonchev–Trinajstić information content (AvgIpc) is 2.72. The van der Waals surface area contributed by atoms with E-state index in [1.165, 1.54) is 18.7 Å². The summed E-state index contributed by atoms with van der Waals surface area (Å²) < 4.78 is 2.13. The quantitative estimate of drug-likeness (QED) is 0.720. The Bertz CT molecular complexity index is 343. The molecule has 0 bridgehead atoms. The lowest BCUT2D eigenvalue weighted by molar-refractivity contribution is 0.190. The second-order valence-electron chi connectivity index (χ2n) is 5.94. The highest BCUT2D eigenvalue weighted by Crippen LogP contribution is 2.31. The molecular weight excluding hydrogens is 222 g/mol. The van der Waals surface area contributed by atoms with Crippen molar-refractivity contribution < 1.29 is 0 Å². The van der Waals surface area contributed by atoms with Gasteiger partial charge in [0, 0.05) is 32.4 Å². The molecule has 0 aromatic carbocycles. The van der Waals surface area contributed by atoms with Crippen LogP contribution in [0.25, 0.3) is 0 Å². The van der Waals surface area contributed by atoms with Gasteiger partial charge in [0.2, 0.25) is 0 Å². The van der Waals surface area contributed by atoms with Gasteiger partial charge in [-0.05, 0) is 30.7 Å². The number of aryl methyl sites for hydroxylation is 2. The van der Waals surface area contributed by atoms with Crippen molar-refractivity contribution >= 4 is 0 Å². The predicted molar refractivity (Wildman–Crippen MR) is 77.6 cm³/mol. The summed E-state index contributed by atoms with van der Waals surface area (Å²) in [5.41, 5.74) is 0.348. The van der Waals surface area contributed by atoms with E-state index in [-0.39, 0.29) is 0 Å². The van der Waals surface area contributed by atoms with E-state index in [2.05, 4.69) is 49.6 Å². The van der Waals surface area contributed by atoms with E-state index >= 15 is 0 Å². The lowest BCUT2D eigenvalue weighted by Crippen LogP contribution is -2.37. The maximum Gasteiger partial charge on any atom is 0.108 e. The van der Waals surface area contributed by atoms with Crippen molar-refractivity contribution in [1.29, 1.82) is 0 Å². The second-order valence-corrected chi connectivity index (χ2v) is 5.94. The summed E-state index contributed by atoms with van der Waals surface area (Å²) in [5.74, 6) is 1.87. The van der Waals surface area contributed by atoms with E-state index in [4.69, 9.17) is 0 Å². The first kappa shape index (κ1) is 15.2. The molecule has 0 saturated carbocycles. The molecule has 0 aliphatic carbocycles. The largest absolute Gasteiger partial charge is 0.338 e. The summed E-state index contributed by atoms with van der Waals surface area (Å²) in [4.78, 5) is 4.42. The highest BCUT2D eigenvalue weighted by atomic mass is 15.0. The van der Waals surface area contributed by atoms with Crippen LogP contribution < -0.4 is 5.32 Å². The molecule has 3 nitrogen and oxygen atoms in total. The highest BCUT2D eigenvalue weighted by Gasteiger charge is 2.27. The van der Waals surface area contributed by atoms with Gasteiger partial charge < -0.3 is 9.88 Å². The number of aromatic nitrogens is 2. The van der Waals surface area contributed by atoms with Crippen LogP contribution in [0.15, 0.2) is 12.4 Å². The summed E-state index contributed by atoms with van der Waals surface area (Å²) in [6.07, 6.45) is 7.36. The lowest BCUT2D eigenvalue weighted by Gasteiger charge is -2.34. The van der Waals surface area contributed by atoms with Gasteiger partial charge in [-0.15, -0.1) is 0 Å². The van der Waals surface area contributed by atoms with Crippen LogP contribution >= 0.6 is 0 Å². The highest BCUT2D eigenvalue weighted by molar-refractivity contribution is 4.93. The Balaban J connectivity index is 2.54. The van der Waals surface area contributed by atoms with Gasteiger partial charge in [-0.1, -0.05) is 27.7 Å². The minimum absolute atomic E-state index is 0.348. The second kappa shape index (κ2) is 6.93. The summed E-state index contributed by atoms with van der Waals surface area (Å²) in [5, 5.41) is 3.57. The molecular formula is C15H29N3. The molecule has 0 radical (unpaired) electrons. The molecule has 1 heterocycles. The third kappa shape index (κ3) is 4.13. The fourth-order valence-electron chi connectivity index (χ4n) is 2.17. The van der Waals surface area contributed by atoms with Crippen LogP contribution in [0.5, 0.6) is 0 Å². The zero-order valence-electron chi connectivity index (χ0n) is 12.7. The maximum absolute atomic E-state index is 4.42. The average molecular weight is 251 g/mol. The first-order valence-electron chi connectivity index (χ1n) is 7.16. The number of nitrogens with zero attached hydrogens (tertiary/aromatic N) is 2. The van der Waals surface area contributed by atoms with Gasteiger partial charge >= 0.3 is 0 Å². The Morgan fingerprint density at radius 3 is 2.67 bits per heavy atom. The van der Waals surface area contributed by atoms with Crippen LogP contribution in [0.2, 0.25) is 0 Å². The van der Waals surface area contributed by atoms with Gasteiger partial charge in [0.15, 0.2) is 0 Å². The molecule has 1 aromatic rings. The molecule has 1 aromatic heterocycles. The Labute approximate surface area is 112 Å². The van der Waals surface area contributed by atoms with E-state index < -0.39 is 0 Å². The lowest BCUT2D eigenvalue weighted by atomic mass is 9.75. The van der Waals surface area contributed by atoms with Gasteiger partial charge in [-0.25, -0.2) is 4.98 Å². The molecule has 0 spiro atoms. The molecule has 1 atom stereocenters. The third-order valence-electron chi connectivity index (χ3n) is 4.19. The van der Waals surface area contributed by atoms with Crippen molar-refractivity contribution in [1.82, 2.24) is 14.9 Å². The van der Waals surface area contributed by atoms with Crippen LogP contribution in [0.4, 0.5) is 0 Å². The zero-order chi connectivity index (χ0) is 13.6. The summed E-state index contributed by atoms with van der Waals surface area (Å²) in [6, 6.07) is 0. The summed E-state index contributed by atoms with van der Waals surface area (Å²) in [6.45, 7) is 11.5. The molecule has 104 valence electrons. The smallest absolute Gasteiger partial charge is 0.108 e. The van der Waals surface area contributed by atoms with E-state index in [0.717, 1.165) is 19.5 Å². The number of hydrogen-bond acceptors (Lipinski definition) is 2. The molecule has 0 fully saturated rings. The van der Waals surface area contributed by atoms with Gasteiger partial charge in [0.1, 0.15) is 5.82 Å². The van der Waals surface area contributed by atoms with Gasteiger partial charge in [0.05, 0.1) is 0 Å². The van der Waals surface area contributed by atoms with Gasteiger partial charge in [-0.3, -0.25) is 0 Å². The van der Waals surface area contributed by atoms with E-state index in [1.807, 2.05) is 12.4 Å². The Kier molecular flexibility index (Phi) is 5.86. The zero-order valence-corrected chi connectivity index (χ0v) is 12.7. The SMILES string of the molecule is CCCNCC(C)(CCc1nccn1C)C(C)C. The Morgan fingerprint density at radius 2 is 2.17 bits per heavy atom. The standard InChI is InChI=1S/C15H29N3/c1-6-9-16-12-15(4,13(2)3)8-7-14-17-10-11-18(14)5/h10-11,13,16H,6-9,12H2,1-5H3. The monoisotopic (exact) mass is 251 g/mol. The molecule has 1 rings (SSSR count). The Morgan fingerprint density at radius 1 is 1.44 bits per heavy atom. The van der Waals surface area contributed by atoms with Crippen LogP contribution in [0.1, 0.15) is 46.4 Å². The van der Waals surface area contributed by atoms with Gasteiger partial charge in [0.25, 0.3) is 0 Å².